The molecule has 2 aliphatic rings. The highest BCUT2D eigenvalue weighted by Gasteiger charge is 2.56. The standard InChI is InChI=1S/C28H31FN6O4/c1-16(2)11-23(34(4)25(37)17(3)32-24(36)22-10-9-18(29)14-31-22)26(38)35-15-28(12-19(35)13-30)20-7-5-6-8-21(20)33-27(28)39/h5-10,14,16-17,19,23H,11-12,15H2,1-4H3,(H,32,36)(H,33,39)/t17-,19-,23-,28-/m0/s1. The highest BCUT2D eigenvalue weighted by molar-refractivity contribution is 6.07. The summed E-state index contributed by atoms with van der Waals surface area (Å²) in [6, 6.07) is 8.93. The Morgan fingerprint density at radius 1 is 1.26 bits per heavy atom. The minimum Gasteiger partial charge on any atom is -0.339 e. The normalized spacial score (nSPS) is 21.2. The maximum absolute atomic E-state index is 14.0. The average molecular weight is 535 g/mol. The van der Waals surface area contributed by atoms with Crippen molar-refractivity contribution in [3.8, 4) is 6.07 Å². The molecular formula is C28H31FN6O4. The van der Waals surface area contributed by atoms with Crippen LogP contribution in [0.1, 0.15) is 49.7 Å². The van der Waals surface area contributed by atoms with Gasteiger partial charge < -0.3 is 20.4 Å². The summed E-state index contributed by atoms with van der Waals surface area (Å²) in [5.41, 5.74) is 0.324. The lowest BCUT2D eigenvalue weighted by Crippen LogP contribution is -2.55. The van der Waals surface area contributed by atoms with Crippen LogP contribution >= 0.6 is 0 Å². The summed E-state index contributed by atoms with van der Waals surface area (Å²) in [5, 5.41) is 15.4. The van der Waals surface area contributed by atoms with E-state index < -0.39 is 47.1 Å². The number of nitrogens with one attached hydrogen (secondary N) is 2. The molecule has 1 aromatic carbocycles. The number of fused-ring (bicyclic) bond motifs is 2. The first kappa shape index (κ1) is 27.7. The number of benzene rings is 1. The molecule has 0 bridgehead atoms. The van der Waals surface area contributed by atoms with E-state index in [1.807, 2.05) is 32.0 Å². The number of hydrogen-bond donors (Lipinski definition) is 2. The Bertz CT molecular complexity index is 1340. The Kier molecular flexibility index (Phi) is 7.67. The Balaban J connectivity index is 1.55. The zero-order chi connectivity index (χ0) is 28.5. The highest BCUT2D eigenvalue weighted by atomic mass is 19.1. The minimum atomic E-state index is -1.04. The van der Waals surface area contributed by atoms with Crippen molar-refractivity contribution < 1.29 is 23.6 Å². The number of rotatable bonds is 7. The number of carbonyl (C=O) groups excluding carboxylic acids is 4. The molecule has 11 heteroatoms. The van der Waals surface area contributed by atoms with E-state index in [1.165, 1.54) is 29.8 Å². The fourth-order valence-electron chi connectivity index (χ4n) is 5.35. The third kappa shape index (κ3) is 5.19. The van der Waals surface area contributed by atoms with E-state index in [0.29, 0.717) is 12.1 Å². The predicted molar refractivity (Wildman–Crippen MR) is 140 cm³/mol. The Morgan fingerprint density at radius 2 is 1.97 bits per heavy atom. The van der Waals surface area contributed by atoms with Gasteiger partial charge in [0.15, 0.2) is 0 Å². The first-order valence-corrected chi connectivity index (χ1v) is 12.8. The van der Waals surface area contributed by atoms with Gasteiger partial charge in [-0.2, -0.15) is 5.26 Å². The largest absolute Gasteiger partial charge is 0.339 e. The summed E-state index contributed by atoms with van der Waals surface area (Å²) in [6.07, 6.45) is 1.37. The van der Waals surface area contributed by atoms with Gasteiger partial charge in [-0.15, -0.1) is 0 Å². The van der Waals surface area contributed by atoms with Gasteiger partial charge in [-0.3, -0.25) is 19.2 Å². The van der Waals surface area contributed by atoms with Crippen LogP contribution < -0.4 is 10.6 Å². The number of hydrogen-bond acceptors (Lipinski definition) is 6. The number of likely N-dealkylation sites (tertiary alicyclic amines) is 1. The van der Waals surface area contributed by atoms with Crippen LogP contribution in [-0.4, -0.2) is 70.1 Å². The van der Waals surface area contributed by atoms with Gasteiger partial charge in [0.05, 0.1) is 17.7 Å². The zero-order valence-corrected chi connectivity index (χ0v) is 22.3. The second kappa shape index (κ2) is 10.8. The second-order valence-corrected chi connectivity index (χ2v) is 10.5. The third-order valence-electron chi connectivity index (χ3n) is 7.39. The molecular weight excluding hydrogens is 503 g/mol. The Hall–Kier alpha value is -4.33. The number of pyridine rings is 1. The average Bonchev–Trinajstić information content (AvgIpc) is 3.44. The summed E-state index contributed by atoms with van der Waals surface area (Å²) < 4.78 is 13.2. The maximum Gasteiger partial charge on any atom is 0.270 e. The van der Waals surface area contributed by atoms with Crippen LogP contribution in [0.25, 0.3) is 0 Å². The van der Waals surface area contributed by atoms with Crippen molar-refractivity contribution in [2.45, 2.75) is 57.2 Å². The van der Waals surface area contributed by atoms with E-state index in [4.69, 9.17) is 0 Å². The summed E-state index contributed by atoms with van der Waals surface area (Å²) in [6.45, 7) is 5.34. The molecule has 0 radical (unpaired) electrons. The van der Waals surface area contributed by atoms with Crippen molar-refractivity contribution >= 4 is 29.3 Å². The van der Waals surface area contributed by atoms with Gasteiger partial charge in [0.2, 0.25) is 17.7 Å². The number of carbonyl (C=O) groups is 4. The van der Waals surface area contributed by atoms with Crippen LogP contribution in [0.3, 0.4) is 0 Å². The molecule has 204 valence electrons. The van der Waals surface area contributed by atoms with E-state index in [9.17, 15) is 28.8 Å². The number of nitrogens with zero attached hydrogens (tertiary/aromatic N) is 4. The van der Waals surface area contributed by atoms with Crippen LogP contribution in [0.4, 0.5) is 10.1 Å². The molecule has 4 amide bonds. The summed E-state index contributed by atoms with van der Waals surface area (Å²) in [4.78, 5) is 59.4. The predicted octanol–water partition coefficient (Wildman–Crippen LogP) is 2.23. The molecule has 0 saturated carbocycles. The molecule has 10 nitrogen and oxygen atoms in total. The number of nitriles is 1. The van der Waals surface area contributed by atoms with E-state index in [1.54, 1.807) is 6.07 Å². The number of likely N-dealkylation sites (N-methyl/N-ethyl adjacent to an activating group) is 1. The number of halogens is 1. The van der Waals surface area contributed by atoms with Gasteiger partial charge in [-0.05, 0) is 43.0 Å². The fourth-order valence-corrected chi connectivity index (χ4v) is 5.35. The van der Waals surface area contributed by atoms with Gasteiger partial charge in [0.1, 0.15) is 29.6 Å². The molecule has 2 aromatic rings. The quantitative estimate of drug-likeness (QED) is 0.559. The van der Waals surface area contributed by atoms with Crippen molar-refractivity contribution in [2.75, 3.05) is 18.9 Å². The van der Waals surface area contributed by atoms with E-state index in [2.05, 4.69) is 21.7 Å². The number of para-hydroxylation sites is 1. The summed E-state index contributed by atoms with van der Waals surface area (Å²) in [5.74, 6) is -2.43. The SMILES string of the molecule is CC(C)C[C@@H](C(=O)N1C[C@]2(C[C@H]1C#N)C(=O)Nc1ccccc12)N(C)C(=O)[C@H](C)NC(=O)c1ccc(F)cn1. The van der Waals surface area contributed by atoms with Crippen molar-refractivity contribution in [3.63, 3.8) is 0 Å². The van der Waals surface area contributed by atoms with Gasteiger partial charge in [0.25, 0.3) is 5.91 Å². The first-order valence-electron chi connectivity index (χ1n) is 12.8. The van der Waals surface area contributed by atoms with Gasteiger partial charge in [0, 0.05) is 25.7 Å². The molecule has 0 unspecified atom stereocenters. The lowest BCUT2D eigenvalue weighted by atomic mass is 9.80. The van der Waals surface area contributed by atoms with Crippen molar-refractivity contribution in [3.05, 3.63) is 59.7 Å². The first-order chi connectivity index (χ1) is 18.5. The lowest BCUT2D eigenvalue weighted by Gasteiger charge is -2.34. The molecule has 1 saturated heterocycles. The molecule has 1 fully saturated rings. The number of anilines is 1. The smallest absolute Gasteiger partial charge is 0.270 e. The Morgan fingerprint density at radius 3 is 2.62 bits per heavy atom. The van der Waals surface area contributed by atoms with Crippen LogP contribution in [0, 0.1) is 23.1 Å². The van der Waals surface area contributed by atoms with Crippen molar-refractivity contribution in [1.29, 1.82) is 5.26 Å². The monoisotopic (exact) mass is 534 g/mol. The van der Waals surface area contributed by atoms with Crippen molar-refractivity contribution in [2.24, 2.45) is 5.92 Å². The van der Waals surface area contributed by atoms with Crippen LogP contribution in [0.2, 0.25) is 0 Å². The van der Waals surface area contributed by atoms with Crippen LogP contribution in [0.5, 0.6) is 0 Å². The van der Waals surface area contributed by atoms with Gasteiger partial charge in [-0.1, -0.05) is 32.0 Å². The van der Waals surface area contributed by atoms with Crippen LogP contribution in [0.15, 0.2) is 42.6 Å². The maximum atomic E-state index is 14.0. The second-order valence-electron chi connectivity index (χ2n) is 10.5. The minimum absolute atomic E-state index is 0.0199. The molecule has 2 aliphatic heterocycles. The molecule has 4 rings (SSSR count). The molecule has 3 heterocycles. The zero-order valence-electron chi connectivity index (χ0n) is 22.3. The van der Waals surface area contributed by atoms with Gasteiger partial charge in [-0.25, -0.2) is 9.37 Å². The highest BCUT2D eigenvalue weighted by Crippen LogP contribution is 2.46. The van der Waals surface area contributed by atoms with Crippen LogP contribution in [-0.2, 0) is 19.8 Å². The fraction of sp³-hybridized carbons (Fsp3) is 0.429. The van der Waals surface area contributed by atoms with E-state index in [0.717, 1.165) is 17.8 Å². The molecule has 2 N–H and O–H groups in total. The Labute approximate surface area is 226 Å². The topological polar surface area (TPSA) is 136 Å². The van der Waals surface area contributed by atoms with Gasteiger partial charge >= 0.3 is 0 Å². The van der Waals surface area contributed by atoms with E-state index >= 15 is 0 Å². The van der Waals surface area contributed by atoms with E-state index in [-0.39, 0.29) is 30.5 Å². The molecule has 4 atom stereocenters. The number of amides is 4. The third-order valence-corrected chi connectivity index (χ3v) is 7.39. The number of aromatic nitrogens is 1. The van der Waals surface area contributed by atoms with Crippen molar-refractivity contribution in [1.82, 2.24) is 20.1 Å². The lowest BCUT2D eigenvalue weighted by molar-refractivity contribution is -0.146. The molecule has 0 aliphatic carbocycles. The summed E-state index contributed by atoms with van der Waals surface area (Å²) >= 11 is 0. The molecule has 1 spiro atoms. The molecule has 39 heavy (non-hydrogen) atoms. The summed E-state index contributed by atoms with van der Waals surface area (Å²) in [7, 11) is 1.48. The molecule has 1 aromatic heterocycles.